The zero-order valence-electron chi connectivity index (χ0n) is 19.7. The van der Waals surface area contributed by atoms with Gasteiger partial charge in [-0.3, -0.25) is 9.59 Å². The molecule has 0 atom stereocenters. The zero-order valence-corrected chi connectivity index (χ0v) is 21.2. The van der Waals surface area contributed by atoms with E-state index in [1.807, 2.05) is 24.3 Å². The fraction of sp³-hybridized carbons (Fsp3) is 0.259. The van der Waals surface area contributed by atoms with Crippen molar-refractivity contribution in [2.45, 2.75) is 25.2 Å². The highest BCUT2D eigenvalue weighted by molar-refractivity contribution is 6.36. The van der Waals surface area contributed by atoms with Crippen LogP contribution in [0.25, 0.3) is 0 Å². The molecule has 0 saturated carbocycles. The van der Waals surface area contributed by atoms with Gasteiger partial charge in [-0.15, -0.1) is 0 Å². The largest absolute Gasteiger partial charge is 0.465 e. The van der Waals surface area contributed by atoms with E-state index in [0.717, 1.165) is 18.4 Å². The second-order valence-corrected chi connectivity index (χ2v) is 9.43. The van der Waals surface area contributed by atoms with E-state index < -0.39 is 5.97 Å². The number of piperidine rings is 1. The van der Waals surface area contributed by atoms with Gasteiger partial charge < -0.3 is 15.0 Å². The average Bonchev–Trinajstić information content (AvgIpc) is 2.89. The van der Waals surface area contributed by atoms with Gasteiger partial charge in [-0.25, -0.2) is 9.78 Å². The molecule has 2 aromatic carbocycles. The fourth-order valence-corrected chi connectivity index (χ4v) is 4.70. The Balaban J connectivity index is 1.28. The van der Waals surface area contributed by atoms with Gasteiger partial charge in [0.05, 0.1) is 29.1 Å². The summed E-state index contributed by atoms with van der Waals surface area (Å²) in [6, 6.07) is 16.1. The summed E-state index contributed by atoms with van der Waals surface area (Å²) >= 11 is 12.0. The second-order valence-electron chi connectivity index (χ2n) is 8.59. The van der Waals surface area contributed by atoms with Crippen LogP contribution in [0, 0.1) is 0 Å². The van der Waals surface area contributed by atoms with Gasteiger partial charge in [-0.2, -0.15) is 0 Å². The molecule has 0 bridgehead atoms. The van der Waals surface area contributed by atoms with E-state index in [9.17, 15) is 14.4 Å². The van der Waals surface area contributed by atoms with E-state index in [4.69, 9.17) is 23.2 Å². The number of amides is 2. The Morgan fingerprint density at radius 1 is 1.03 bits per heavy atom. The first-order valence-electron chi connectivity index (χ1n) is 11.5. The van der Waals surface area contributed by atoms with Crippen molar-refractivity contribution in [2.75, 3.05) is 25.5 Å². The first-order valence-corrected chi connectivity index (χ1v) is 12.3. The van der Waals surface area contributed by atoms with Crippen molar-refractivity contribution in [1.29, 1.82) is 0 Å². The number of ether oxygens (including phenoxy) is 1. The molecule has 3 aromatic rings. The van der Waals surface area contributed by atoms with Crippen molar-refractivity contribution in [2.24, 2.45) is 0 Å². The number of hydrogen-bond acceptors (Lipinski definition) is 5. The van der Waals surface area contributed by atoms with Crippen LogP contribution in [0.5, 0.6) is 0 Å². The number of methoxy groups -OCH3 is 1. The van der Waals surface area contributed by atoms with Crippen LogP contribution in [0.15, 0.2) is 60.8 Å². The predicted octanol–water partition coefficient (Wildman–Crippen LogP) is 5.38. The number of nitrogens with zero attached hydrogens (tertiary/aromatic N) is 2. The molecule has 0 spiro atoms. The molecule has 7 nitrogen and oxygen atoms in total. The number of anilines is 1. The van der Waals surface area contributed by atoms with Crippen LogP contribution in [0.4, 0.5) is 5.69 Å². The topological polar surface area (TPSA) is 88.6 Å². The lowest BCUT2D eigenvalue weighted by molar-refractivity contribution is -0.115. The summed E-state index contributed by atoms with van der Waals surface area (Å²) in [4.78, 5) is 42.6. The summed E-state index contributed by atoms with van der Waals surface area (Å²) in [5.74, 6) is -0.421. The minimum absolute atomic E-state index is 0.144. The molecule has 0 aliphatic carbocycles. The number of carbonyl (C=O) groups excluding carboxylic acids is 3. The monoisotopic (exact) mass is 525 g/mol. The molecule has 9 heteroatoms. The van der Waals surface area contributed by atoms with Gasteiger partial charge in [-0.05, 0) is 60.2 Å². The van der Waals surface area contributed by atoms with Crippen LogP contribution >= 0.6 is 23.2 Å². The summed E-state index contributed by atoms with van der Waals surface area (Å²) in [5.41, 5.74) is 3.34. The zero-order chi connectivity index (χ0) is 25.7. The number of carbonyl (C=O) groups is 3. The lowest BCUT2D eigenvalue weighted by Crippen LogP contribution is -2.38. The maximum absolute atomic E-state index is 12.8. The Morgan fingerprint density at radius 2 is 1.69 bits per heavy atom. The average molecular weight is 526 g/mol. The first kappa shape index (κ1) is 25.7. The third-order valence-electron chi connectivity index (χ3n) is 6.20. The number of esters is 1. The number of likely N-dealkylation sites (tertiary alicyclic amines) is 1. The second kappa shape index (κ2) is 11.5. The molecule has 1 aliphatic rings. The van der Waals surface area contributed by atoms with Gasteiger partial charge in [0.25, 0.3) is 5.91 Å². The third-order valence-corrected chi connectivity index (χ3v) is 6.69. The molecule has 1 fully saturated rings. The van der Waals surface area contributed by atoms with E-state index in [2.05, 4.69) is 15.0 Å². The molecule has 4 rings (SSSR count). The van der Waals surface area contributed by atoms with E-state index in [0.29, 0.717) is 35.3 Å². The molecule has 1 saturated heterocycles. The van der Waals surface area contributed by atoms with Crippen molar-refractivity contribution in [1.82, 2.24) is 9.88 Å². The molecule has 1 N–H and O–H groups in total. The van der Waals surface area contributed by atoms with Crippen molar-refractivity contribution >= 4 is 46.7 Å². The Kier molecular flexibility index (Phi) is 8.23. The maximum Gasteiger partial charge on any atom is 0.337 e. The number of aromatic nitrogens is 1. The fourth-order valence-electron chi connectivity index (χ4n) is 4.24. The minimum atomic E-state index is -0.411. The van der Waals surface area contributed by atoms with E-state index in [1.165, 1.54) is 24.9 Å². The smallest absolute Gasteiger partial charge is 0.337 e. The van der Waals surface area contributed by atoms with Crippen LogP contribution in [0.3, 0.4) is 0 Å². The van der Waals surface area contributed by atoms with Crippen molar-refractivity contribution in [3.63, 3.8) is 0 Å². The SMILES string of the molecule is COC(=O)c1ccc(CC(=O)Nc2ccc(C3CCN(C(=O)c4ncc(Cl)cc4Cl)CC3)cc2)cc1. The van der Waals surface area contributed by atoms with Crippen molar-refractivity contribution in [3.8, 4) is 0 Å². The van der Waals surface area contributed by atoms with E-state index >= 15 is 0 Å². The first-order chi connectivity index (χ1) is 17.3. The van der Waals surface area contributed by atoms with Crippen LogP contribution in [-0.4, -0.2) is 47.9 Å². The molecule has 2 heterocycles. The van der Waals surface area contributed by atoms with Crippen LogP contribution in [0.2, 0.25) is 10.0 Å². The normalized spacial score (nSPS) is 13.8. The van der Waals surface area contributed by atoms with Gasteiger partial charge in [0.15, 0.2) is 0 Å². The number of halogens is 2. The minimum Gasteiger partial charge on any atom is -0.465 e. The molecular formula is C27H25Cl2N3O4. The van der Waals surface area contributed by atoms with Crippen molar-refractivity contribution in [3.05, 3.63) is 93.2 Å². The van der Waals surface area contributed by atoms with Crippen molar-refractivity contribution < 1.29 is 19.1 Å². The highest BCUT2D eigenvalue weighted by Gasteiger charge is 2.26. The summed E-state index contributed by atoms with van der Waals surface area (Å²) in [6.45, 7) is 1.22. The number of benzene rings is 2. The quantitative estimate of drug-likeness (QED) is 0.436. The Bertz CT molecular complexity index is 1260. The number of nitrogens with one attached hydrogen (secondary N) is 1. The summed E-state index contributed by atoms with van der Waals surface area (Å²) in [7, 11) is 1.33. The molecular weight excluding hydrogens is 501 g/mol. The lowest BCUT2D eigenvalue weighted by atomic mass is 9.89. The maximum atomic E-state index is 12.8. The van der Waals surface area contributed by atoms with Crippen LogP contribution in [0.1, 0.15) is 50.7 Å². The highest BCUT2D eigenvalue weighted by atomic mass is 35.5. The molecule has 1 aromatic heterocycles. The molecule has 36 heavy (non-hydrogen) atoms. The van der Waals surface area contributed by atoms with Crippen LogP contribution < -0.4 is 5.32 Å². The lowest BCUT2D eigenvalue weighted by Gasteiger charge is -2.32. The van der Waals surface area contributed by atoms with Gasteiger partial charge in [0, 0.05) is 25.0 Å². The molecule has 0 unspecified atom stereocenters. The highest BCUT2D eigenvalue weighted by Crippen LogP contribution is 2.30. The van der Waals surface area contributed by atoms with E-state index in [-0.39, 0.29) is 29.0 Å². The Morgan fingerprint density at radius 3 is 2.31 bits per heavy atom. The summed E-state index contributed by atoms with van der Waals surface area (Å²) in [5, 5.41) is 3.55. The van der Waals surface area contributed by atoms with Gasteiger partial charge in [0.1, 0.15) is 5.69 Å². The Labute approximate surface area is 219 Å². The van der Waals surface area contributed by atoms with Gasteiger partial charge in [-0.1, -0.05) is 47.5 Å². The number of rotatable bonds is 6. The summed E-state index contributed by atoms with van der Waals surface area (Å²) < 4.78 is 4.68. The van der Waals surface area contributed by atoms with Crippen LogP contribution in [-0.2, 0) is 16.0 Å². The molecule has 186 valence electrons. The number of pyridine rings is 1. The molecule has 0 radical (unpaired) electrons. The van der Waals surface area contributed by atoms with Gasteiger partial charge >= 0.3 is 5.97 Å². The standard InChI is InChI=1S/C27H25Cl2N3O4/c1-36-27(35)20-4-2-17(3-5-20)14-24(33)31-22-8-6-18(7-9-22)19-10-12-32(13-11-19)26(34)25-23(29)15-21(28)16-30-25/h2-9,15-16,19H,10-14H2,1H3,(H,31,33). The third kappa shape index (κ3) is 6.22. The predicted molar refractivity (Wildman–Crippen MR) is 139 cm³/mol. The van der Waals surface area contributed by atoms with Gasteiger partial charge in [0.2, 0.25) is 5.91 Å². The Hall–Kier alpha value is -3.42. The summed E-state index contributed by atoms with van der Waals surface area (Å²) in [6.07, 6.45) is 3.27. The molecule has 1 aliphatic heterocycles. The number of hydrogen-bond donors (Lipinski definition) is 1. The molecule has 2 amide bonds. The van der Waals surface area contributed by atoms with E-state index in [1.54, 1.807) is 29.2 Å².